The monoisotopic (exact) mass is 565 g/mol. The molecule has 11 nitrogen and oxygen atoms in total. The van der Waals surface area contributed by atoms with Gasteiger partial charge in [-0.05, 0) is 18.6 Å². The predicted molar refractivity (Wildman–Crippen MR) is 132 cm³/mol. The van der Waals surface area contributed by atoms with Gasteiger partial charge in [-0.1, -0.05) is 12.1 Å². The number of fused-ring (bicyclic) bond motifs is 1. The first-order chi connectivity index (χ1) is 19.2. The van der Waals surface area contributed by atoms with Crippen LogP contribution in [0.1, 0.15) is 12.8 Å². The normalized spacial score (nSPS) is 17.9. The Morgan fingerprint density at radius 2 is 1.85 bits per heavy atom. The number of amides is 3. The minimum Gasteiger partial charge on any atom is -0.444 e. The van der Waals surface area contributed by atoms with Gasteiger partial charge in [-0.15, -0.1) is 0 Å². The van der Waals surface area contributed by atoms with Crippen molar-refractivity contribution in [1.82, 2.24) is 10.0 Å². The number of ketones is 1. The van der Waals surface area contributed by atoms with Crippen molar-refractivity contribution in [2.75, 3.05) is 47.9 Å². The molecule has 0 unspecified atom stereocenters. The highest BCUT2D eigenvalue weighted by atomic mass is 19.3. The molecule has 2 aliphatic heterocycles. The molecule has 0 radical (unpaired) electrons. The van der Waals surface area contributed by atoms with E-state index >= 15 is 8.78 Å². The van der Waals surface area contributed by atoms with Gasteiger partial charge in [-0.25, -0.2) is 32.2 Å². The van der Waals surface area contributed by atoms with Gasteiger partial charge in [-0.3, -0.25) is 19.8 Å². The second kappa shape index (κ2) is 11.4. The zero-order valence-corrected chi connectivity index (χ0v) is 20.8. The van der Waals surface area contributed by atoms with E-state index in [1.165, 1.54) is 4.90 Å². The first-order valence-electron chi connectivity index (χ1n) is 12.3. The van der Waals surface area contributed by atoms with Crippen molar-refractivity contribution in [3.8, 4) is 0 Å². The number of halogens is 4. The third-order valence-corrected chi connectivity index (χ3v) is 6.38. The van der Waals surface area contributed by atoms with Crippen molar-refractivity contribution >= 4 is 46.4 Å². The van der Waals surface area contributed by atoms with Crippen molar-refractivity contribution < 1.29 is 45.9 Å². The summed E-state index contributed by atoms with van der Waals surface area (Å²) in [4.78, 5) is 48.0. The standard InChI is InChI=1S/C25H23F4N5O6/c26-16-11-14(33-13-15(39-25(33)37)5-6-19(35)22(28)29)12-17(27)21(16)32-7-8-34(38-10-9-32)24(36)31-23-30-18-3-1-2-4-20(18)40-23/h1-4,11-12,15,22H,5-10,13H2,(H,30,31,36)/t15-/m0/s1. The van der Waals surface area contributed by atoms with Crippen molar-refractivity contribution in [3.63, 3.8) is 0 Å². The fourth-order valence-electron chi connectivity index (χ4n) is 4.42. The highest BCUT2D eigenvalue weighted by Crippen LogP contribution is 2.32. The fraction of sp³-hybridized carbons (Fsp3) is 0.360. The maximum absolute atomic E-state index is 15.2. The summed E-state index contributed by atoms with van der Waals surface area (Å²) < 4.78 is 65.7. The lowest BCUT2D eigenvalue weighted by Gasteiger charge is -2.24. The van der Waals surface area contributed by atoms with E-state index < -0.39 is 48.5 Å². The molecule has 0 saturated carbocycles. The van der Waals surface area contributed by atoms with Crippen LogP contribution >= 0.6 is 0 Å². The Bertz CT molecular complexity index is 1380. The predicted octanol–water partition coefficient (Wildman–Crippen LogP) is 4.33. The lowest BCUT2D eigenvalue weighted by atomic mass is 10.1. The summed E-state index contributed by atoms with van der Waals surface area (Å²) in [6.07, 6.45) is -5.55. The molecule has 1 atom stereocenters. The number of anilines is 3. The van der Waals surface area contributed by atoms with Crippen LogP contribution in [0.15, 0.2) is 40.8 Å². The maximum Gasteiger partial charge on any atom is 0.414 e. The van der Waals surface area contributed by atoms with Gasteiger partial charge in [0.15, 0.2) is 23.0 Å². The number of ether oxygens (including phenoxy) is 1. The second-order valence-electron chi connectivity index (χ2n) is 9.02. The van der Waals surface area contributed by atoms with Gasteiger partial charge in [0.2, 0.25) is 0 Å². The molecule has 40 heavy (non-hydrogen) atoms. The molecule has 3 aromatic rings. The molecule has 212 valence electrons. The lowest BCUT2D eigenvalue weighted by molar-refractivity contribution is -0.129. The zero-order chi connectivity index (χ0) is 28.4. The highest BCUT2D eigenvalue weighted by molar-refractivity contribution is 5.90. The Morgan fingerprint density at radius 3 is 2.58 bits per heavy atom. The molecule has 1 N–H and O–H groups in total. The summed E-state index contributed by atoms with van der Waals surface area (Å²) in [6, 6.07) is 8.13. The molecule has 0 spiro atoms. The van der Waals surface area contributed by atoms with Gasteiger partial charge in [-0.2, -0.15) is 4.98 Å². The van der Waals surface area contributed by atoms with Crippen LogP contribution in [0.2, 0.25) is 0 Å². The number of carbonyl (C=O) groups excluding carboxylic acids is 3. The molecule has 2 aliphatic rings. The number of nitrogens with zero attached hydrogens (tertiary/aromatic N) is 4. The van der Waals surface area contributed by atoms with Crippen LogP contribution in [-0.4, -0.2) is 73.3 Å². The van der Waals surface area contributed by atoms with E-state index in [1.54, 1.807) is 24.3 Å². The van der Waals surface area contributed by atoms with Crippen LogP contribution in [0.4, 0.5) is 44.5 Å². The van der Waals surface area contributed by atoms with Crippen LogP contribution < -0.4 is 15.1 Å². The fourth-order valence-corrected chi connectivity index (χ4v) is 4.42. The maximum atomic E-state index is 15.2. The van der Waals surface area contributed by atoms with E-state index in [-0.39, 0.29) is 56.6 Å². The van der Waals surface area contributed by atoms with Crippen molar-refractivity contribution in [2.45, 2.75) is 25.4 Å². The number of rotatable bonds is 7. The van der Waals surface area contributed by atoms with E-state index in [0.29, 0.717) is 11.1 Å². The molecular formula is C25H23F4N5O6. The van der Waals surface area contributed by atoms with Crippen molar-refractivity contribution in [2.24, 2.45) is 0 Å². The lowest BCUT2D eigenvalue weighted by Crippen LogP contribution is -2.37. The Kier molecular flexibility index (Phi) is 7.73. The minimum atomic E-state index is -3.12. The Hall–Kier alpha value is -4.40. The summed E-state index contributed by atoms with van der Waals surface area (Å²) in [6.45, 7) is -0.218. The summed E-state index contributed by atoms with van der Waals surface area (Å²) in [5.41, 5.74) is 0.529. The van der Waals surface area contributed by atoms with Crippen molar-refractivity contribution in [3.05, 3.63) is 48.0 Å². The van der Waals surface area contributed by atoms with Gasteiger partial charge < -0.3 is 14.1 Å². The number of urea groups is 1. The largest absolute Gasteiger partial charge is 0.444 e. The molecule has 0 bridgehead atoms. The molecule has 5 rings (SSSR count). The molecule has 0 aliphatic carbocycles. The summed E-state index contributed by atoms with van der Waals surface area (Å²) in [7, 11) is 0. The Labute approximate surface area is 224 Å². The van der Waals surface area contributed by atoms with E-state index in [2.05, 4.69) is 10.3 Å². The summed E-state index contributed by atoms with van der Waals surface area (Å²) in [5, 5.41) is 3.48. The number of Topliss-reactive ketones (excluding diaryl/α,β-unsaturated/α-hetero) is 1. The summed E-state index contributed by atoms with van der Waals surface area (Å²) >= 11 is 0. The van der Waals surface area contributed by atoms with E-state index in [9.17, 15) is 23.2 Å². The first kappa shape index (κ1) is 27.2. The van der Waals surface area contributed by atoms with Gasteiger partial charge in [0.05, 0.1) is 25.4 Å². The third-order valence-electron chi connectivity index (χ3n) is 6.38. The molecule has 2 saturated heterocycles. The number of benzene rings is 2. The number of oxazole rings is 1. The van der Waals surface area contributed by atoms with Crippen LogP contribution in [-0.2, 0) is 14.4 Å². The zero-order valence-electron chi connectivity index (χ0n) is 20.8. The van der Waals surface area contributed by atoms with Crippen molar-refractivity contribution in [1.29, 1.82) is 0 Å². The molecule has 15 heteroatoms. The van der Waals surface area contributed by atoms with Gasteiger partial charge in [0.25, 0.3) is 6.43 Å². The quantitative estimate of drug-likeness (QED) is 0.421. The number of para-hydroxylation sites is 2. The van der Waals surface area contributed by atoms with E-state index in [0.717, 1.165) is 22.1 Å². The SMILES string of the molecule is O=C(CC[C@H]1CN(c2cc(F)c(N3CCON(C(=O)Nc4nc5ccccc5o4)CC3)c(F)c2)C(=O)O1)C(F)F. The average Bonchev–Trinajstić information content (AvgIpc) is 3.40. The Morgan fingerprint density at radius 1 is 1.10 bits per heavy atom. The molecule has 2 fully saturated rings. The van der Waals surface area contributed by atoms with E-state index in [1.807, 2.05) is 0 Å². The van der Waals surface area contributed by atoms with Crippen LogP contribution in [0.5, 0.6) is 0 Å². The molecule has 1 aromatic heterocycles. The molecular weight excluding hydrogens is 542 g/mol. The van der Waals surface area contributed by atoms with E-state index in [4.69, 9.17) is 14.0 Å². The molecule has 3 heterocycles. The number of aromatic nitrogens is 1. The van der Waals surface area contributed by atoms with Crippen LogP contribution in [0.25, 0.3) is 11.1 Å². The van der Waals surface area contributed by atoms with Crippen LogP contribution in [0, 0.1) is 11.6 Å². The first-order valence-corrected chi connectivity index (χ1v) is 12.3. The number of hydrogen-bond acceptors (Lipinski definition) is 8. The highest BCUT2D eigenvalue weighted by Gasteiger charge is 2.34. The third kappa shape index (κ3) is 5.78. The van der Waals surface area contributed by atoms with Gasteiger partial charge in [0, 0.05) is 31.6 Å². The number of nitrogens with one attached hydrogen (secondary N) is 1. The van der Waals surface area contributed by atoms with Crippen LogP contribution in [0.3, 0.4) is 0 Å². The number of hydrogen-bond donors (Lipinski definition) is 1. The second-order valence-corrected chi connectivity index (χ2v) is 9.02. The smallest absolute Gasteiger partial charge is 0.414 e. The molecule has 3 amide bonds. The Balaban J connectivity index is 1.21. The van der Waals surface area contributed by atoms with Gasteiger partial charge >= 0.3 is 18.1 Å². The number of hydroxylamine groups is 2. The van der Waals surface area contributed by atoms with Gasteiger partial charge in [0.1, 0.15) is 17.3 Å². The number of carbonyl (C=O) groups is 3. The number of alkyl halides is 2. The topological polar surface area (TPSA) is 117 Å². The molecule has 2 aromatic carbocycles. The minimum absolute atomic E-state index is 0.0140. The average molecular weight is 565 g/mol. The number of cyclic esters (lactones) is 1. The summed E-state index contributed by atoms with van der Waals surface area (Å²) in [5.74, 6) is -3.22.